The van der Waals surface area contributed by atoms with Crippen molar-refractivity contribution >= 4 is 0 Å². The van der Waals surface area contributed by atoms with E-state index in [2.05, 4.69) is 6.92 Å². The maximum Gasteiger partial charge on any atom is 0.115 e. The van der Waals surface area contributed by atoms with Crippen LogP contribution < -0.4 is 4.74 Å². The third-order valence-electron chi connectivity index (χ3n) is 1.01. The van der Waals surface area contributed by atoms with Crippen molar-refractivity contribution in [2.75, 3.05) is 6.61 Å². The van der Waals surface area contributed by atoms with Crippen LogP contribution in [0.4, 0.5) is 0 Å². The molecule has 1 aromatic rings. The summed E-state index contributed by atoms with van der Waals surface area (Å²) >= 11 is 0. The Bertz CT molecular complexity index is 162. The average molecular weight is 187 g/mol. The van der Waals surface area contributed by atoms with Crippen molar-refractivity contribution in [2.24, 2.45) is 0 Å². The van der Waals surface area contributed by atoms with Crippen LogP contribution in [0.1, 0.15) is 0 Å². The van der Waals surface area contributed by atoms with Gasteiger partial charge in [-0.3, -0.25) is 0 Å². The van der Waals surface area contributed by atoms with Gasteiger partial charge in [-0.2, -0.15) is 0 Å². The molecule has 0 amide bonds. The van der Waals surface area contributed by atoms with Gasteiger partial charge in [-0.05, 0) is 18.7 Å². The number of rotatable bonds is 2. The molecule has 1 rings (SSSR count). The molecule has 0 fully saturated rings. The van der Waals surface area contributed by atoms with Gasteiger partial charge in [0, 0.05) is 19.5 Å². The van der Waals surface area contributed by atoms with Crippen LogP contribution in [0.2, 0.25) is 0 Å². The zero-order valence-corrected chi connectivity index (χ0v) is 8.88. The van der Waals surface area contributed by atoms with Crippen LogP contribution in [0, 0.1) is 6.92 Å². The van der Waals surface area contributed by atoms with Gasteiger partial charge in [0.1, 0.15) is 5.75 Å². The normalized spacial score (nSPS) is 8.10. The predicted octanol–water partition coefficient (Wildman–Crippen LogP) is 1.90. The van der Waals surface area contributed by atoms with E-state index >= 15 is 0 Å². The van der Waals surface area contributed by atoms with Gasteiger partial charge in [-0.25, -0.2) is 0 Å². The molecule has 0 saturated heterocycles. The van der Waals surface area contributed by atoms with Gasteiger partial charge in [0.2, 0.25) is 0 Å². The Morgan fingerprint density at radius 1 is 1.20 bits per heavy atom. The van der Waals surface area contributed by atoms with Gasteiger partial charge in [-0.1, -0.05) is 18.2 Å². The molecule has 0 unspecified atom stereocenters. The van der Waals surface area contributed by atoms with Crippen molar-refractivity contribution in [1.82, 2.24) is 0 Å². The van der Waals surface area contributed by atoms with E-state index in [1.54, 1.807) is 0 Å². The molecule has 0 aromatic heterocycles. The second kappa shape index (κ2) is 5.43. The number of hydrogen-bond acceptors (Lipinski definition) is 1. The summed E-state index contributed by atoms with van der Waals surface area (Å²) in [7, 11) is 0. The molecule has 0 heterocycles. The average Bonchev–Trinajstić information content (AvgIpc) is 1.91. The van der Waals surface area contributed by atoms with E-state index in [-0.39, 0.29) is 19.5 Å². The van der Waals surface area contributed by atoms with Crippen molar-refractivity contribution in [3.63, 3.8) is 0 Å². The maximum atomic E-state index is 5.09. The summed E-state index contributed by atoms with van der Waals surface area (Å²) in [5.74, 6) is 0.882. The van der Waals surface area contributed by atoms with E-state index < -0.39 is 0 Å². The number of ether oxygens (including phenoxy) is 1. The van der Waals surface area contributed by atoms with Crippen molar-refractivity contribution in [2.45, 2.75) is 0 Å². The fourth-order valence-electron chi connectivity index (χ4n) is 0.635. The van der Waals surface area contributed by atoms with Crippen LogP contribution in [-0.2, 0) is 19.5 Å². The van der Waals surface area contributed by atoms with Crippen LogP contribution >= 0.6 is 0 Å². The van der Waals surface area contributed by atoms with Crippen molar-refractivity contribution in [3.8, 4) is 5.75 Å². The minimum Gasteiger partial charge on any atom is -0.525 e. The zero-order chi connectivity index (χ0) is 6.53. The van der Waals surface area contributed by atoms with E-state index in [4.69, 9.17) is 4.74 Å². The molecule has 0 aliphatic rings. The number of benzene rings is 1. The Labute approximate surface area is 74.2 Å². The Balaban J connectivity index is 0.000000810. The Kier molecular flexibility index (Phi) is 5.24. The molecule has 0 saturated carbocycles. The van der Waals surface area contributed by atoms with Crippen molar-refractivity contribution < 1.29 is 24.2 Å². The molecule has 0 aliphatic heterocycles. The fraction of sp³-hybridized carbons (Fsp3) is 0.125. The van der Waals surface area contributed by atoms with Gasteiger partial charge in [0.25, 0.3) is 0 Å². The van der Waals surface area contributed by atoms with Gasteiger partial charge in [0.15, 0.2) is 0 Å². The topological polar surface area (TPSA) is 9.23 Å². The molecule has 2 heteroatoms. The summed E-state index contributed by atoms with van der Waals surface area (Å²) in [4.78, 5) is 0. The van der Waals surface area contributed by atoms with Crippen LogP contribution in [0.15, 0.2) is 30.3 Å². The number of hydrogen-bond donors (Lipinski definition) is 0. The largest absolute Gasteiger partial charge is 0.525 e. The molecule has 1 nitrogen and oxygen atoms in total. The summed E-state index contributed by atoms with van der Waals surface area (Å²) < 4.78 is 5.09. The second-order valence-electron chi connectivity index (χ2n) is 1.66. The molecular weight excluding hydrogens is 177 g/mol. The van der Waals surface area contributed by atoms with E-state index in [1.165, 1.54) is 0 Å². The van der Waals surface area contributed by atoms with E-state index in [1.807, 2.05) is 30.3 Å². The van der Waals surface area contributed by atoms with Crippen molar-refractivity contribution in [3.05, 3.63) is 37.3 Å². The quantitative estimate of drug-likeness (QED) is 0.506. The molecule has 0 spiro atoms. The fourth-order valence-corrected chi connectivity index (χ4v) is 0.635. The SMILES string of the molecule is [CH2-]COc1ccccc1.[Zn]. The Hall–Kier alpha value is -0.357. The summed E-state index contributed by atoms with van der Waals surface area (Å²) in [6.07, 6.45) is 0. The Morgan fingerprint density at radius 3 is 2.30 bits per heavy atom. The minimum atomic E-state index is 0. The summed E-state index contributed by atoms with van der Waals surface area (Å²) in [6, 6.07) is 9.64. The van der Waals surface area contributed by atoms with Crippen LogP contribution in [0.25, 0.3) is 0 Å². The molecule has 0 aliphatic carbocycles. The smallest absolute Gasteiger partial charge is 0.115 e. The summed E-state index contributed by atoms with van der Waals surface area (Å²) in [5, 5.41) is 0. The van der Waals surface area contributed by atoms with E-state index in [9.17, 15) is 0 Å². The first-order valence-corrected chi connectivity index (χ1v) is 2.90. The molecule has 10 heavy (non-hydrogen) atoms. The molecular formula is C8H9OZn-. The molecule has 0 N–H and O–H groups in total. The predicted molar refractivity (Wildman–Crippen MR) is 37.3 cm³/mol. The summed E-state index contributed by atoms with van der Waals surface area (Å²) in [6.45, 7) is 4.05. The first-order valence-electron chi connectivity index (χ1n) is 2.90. The summed E-state index contributed by atoms with van der Waals surface area (Å²) in [5.41, 5.74) is 0. The van der Waals surface area contributed by atoms with E-state index in [0.717, 1.165) is 5.75 Å². The monoisotopic (exact) mass is 185 g/mol. The van der Waals surface area contributed by atoms with Crippen LogP contribution in [0.3, 0.4) is 0 Å². The first-order chi connectivity index (χ1) is 4.43. The van der Waals surface area contributed by atoms with Gasteiger partial charge in [0.05, 0.1) is 0 Å². The second-order valence-corrected chi connectivity index (χ2v) is 1.66. The van der Waals surface area contributed by atoms with Crippen LogP contribution in [0.5, 0.6) is 5.75 Å². The van der Waals surface area contributed by atoms with E-state index in [0.29, 0.717) is 6.61 Å². The van der Waals surface area contributed by atoms with Crippen LogP contribution in [-0.4, -0.2) is 6.61 Å². The maximum absolute atomic E-state index is 5.09. The molecule has 0 bridgehead atoms. The molecule has 1 aromatic carbocycles. The van der Waals surface area contributed by atoms with Gasteiger partial charge in [-0.15, -0.1) is 0 Å². The number of para-hydroxylation sites is 1. The molecule has 0 radical (unpaired) electrons. The van der Waals surface area contributed by atoms with Gasteiger partial charge >= 0.3 is 0 Å². The standard InChI is InChI=1S/C8H9O.Zn/c1-2-9-8-6-4-3-5-7-8;/h3-7H,1-2H2;/q-1;. The molecule has 50 valence electrons. The van der Waals surface area contributed by atoms with Crippen molar-refractivity contribution in [1.29, 1.82) is 0 Å². The minimum absolute atomic E-state index is 0. The third-order valence-corrected chi connectivity index (χ3v) is 1.01. The third kappa shape index (κ3) is 2.98. The zero-order valence-electron chi connectivity index (χ0n) is 5.92. The Morgan fingerprint density at radius 2 is 1.80 bits per heavy atom. The molecule has 0 atom stereocenters. The first kappa shape index (κ1) is 9.64. The van der Waals surface area contributed by atoms with Gasteiger partial charge < -0.3 is 11.7 Å².